The van der Waals surface area contributed by atoms with Gasteiger partial charge in [-0.05, 0) is 34.1 Å². The molecule has 0 saturated heterocycles. The first-order valence-electron chi connectivity index (χ1n) is 3.63. The smallest absolute Gasteiger partial charge is 0.241 e. The highest BCUT2D eigenvalue weighted by molar-refractivity contribution is 9.10. The van der Waals surface area contributed by atoms with Gasteiger partial charge in [0, 0.05) is 11.6 Å². The van der Waals surface area contributed by atoms with E-state index < -0.39 is 17.5 Å². The van der Waals surface area contributed by atoms with E-state index >= 15 is 0 Å². The van der Waals surface area contributed by atoms with E-state index in [0.717, 1.165) is 18.2 Å². The van der Waals surface area contributed by atoms with Gasteiger partial charge in [-0.3, -0.25) is 4.79 Å². The molecule has 0 aliphatic carbocycles. The molecule has 2 nitrogen and oxygen atoms in total. The second kappa shape index (κ2) is 4.32. The Morgan fingerprint density at radius 3 is 2.64 bits per heavy atom. The zero-order valence-electron chi connectivity index (χ0n) is 6.93. The average Bonchev–Trinajstić information content (AvgIpc) is 2.11. The second-order valence-corrected chi connectivity index (χ2v) is 3.35. The number of rotatable bonds is 2. The van der Waals surface area contributed by atoms with Crippen molar-refractivity contribution in [3.8, 4) is 0 Å². The van der Waals surface area contributed by atoms with Crippen LogP contribution in [0.4, 0.5) is 8.78 Å². The molecule has 1 aromatic rings. The van der Waals surface area contributed by atoms with Gasteiger partial charge in [-0.25, -0.2) is 8.78 Å². The van der Waals surface area contributed by atoms with Gasteiger partial charge < -0.3 is 5.73 Å². The number of benzene rings is 1. The molecule has 14 heavy (non-hydrogen) atoms. The molecule has 0 aromatic heterocycles. The van der Waals surface area contributed by atoms with Crippen LogP contribution >= 0.6 is 15.9 Å². The third kappa shape index (κ3) is 2.38. The highest BCUT2D eigenvalue weighted by atomic mass is 79.9. The van der Waals surface area contributed by atoms with Gasteiger partial charge in [0.05, 0.1) is 4.47 Å². The predicted molar refractivity (Wildman–Crippen MR) is 52.3 cm³/mol. The van der Waals surface area contributed by atoms with E-state index in [1.54, 1.807) is 0 Å². The van der Waals surface area contributed by atoms with E-state index in [9.17, 15) is 13.6 Å². The van der Waals surface area contributed by atoms with Crippen LogP contribution in [0.3, 0.4) is 0 Å². The molecule has 1 rings (SSSR count). The third-order valence-corrected chi connectivity index (χ3v) is 2.11. The summed E-state index contributed by atoms with van der Waals surface area (Å²) in [6, 6.07) is 2.33. The summed E-state index contributed by atoms with van der Waals surface area (Å²) in [7, 11) is 0. The van der Waals surface area contributed by atoms with Crippen molar-refractivity contribution in [3.63, 3.8) is 0 Å². The molecule has 1 amide bonds. The van der Waals surface area contributed by atoms with Gasteiger partial charge in [0.25, 0.3) is 0 Å². The van der Waals surface area contributed by atoms with Crippen molar-refractivity contribution in [3.05, 3.63) is 39.9 Å². The first-order valence-corrected chi connectivity index (χ1v) is 4.42. The quantitative estimate of drug-likeness (QED) is 0.644. The summed E-state index contributed by atoms with van der Waals surface area (Å²) in [6.07, 6.45) is 1.89. The molecule has 0 radical (unpaired) electrons. The summed E-state index contributed by atoms with van der Waals surface area (Å²) in [5, 5.41) is 0. The molecule has 0 heterocycles. The number of hydrogen-bond acceptors (Lipinski definition) is 1. The van der Waals surface area contributed by atoms with Crippen LogP contribution in [0.2, 0.25) is 0 Å². The molecule has 0 fully saturated rings. The largest absolute Gasteiger partial charge is 0.366 e. The van der Waals surface area contributed by atoms with Crippen molar-refractivity contribution >= 4 is 27.9 Å². The van der Waals surface area contributed by atoms with Gasteiger partial charge in [-0.2, -0.15) is 0 Å². The Kier molecular flexibility index (Phi) is 3.35. The Bertz CT molecular complexity index is 404. The fourth-order valence-corrected chi connectivity index (χ4v) is 1.21. The molecule has 2 N–H and O–H groups in total. The van der Waals surface area contributed by atoms with Crippen LogP contribution in [0.1, 0.15) is 5.56 Å². The van der Waals surface area contributed by atoms with Crippen molar-refractivity contribution < 1.29 is 13.6 Å². The zero-order chi connectivity index (χ0) is 10.7. The lowest BCUT2D eigenvalue weighted by atomic mass is 10.2. The van der Waals surface area contributed by atoms with Gasteiger partial charge in [-0.1, -0.05) is 0 Å². The lowest BCUT2D eigenvalue weighted by molar-refractivity contribution is -0.113. The molecule has 0 bridgehead atoms. The Labute approximate surface area is 87.5 Å². The van der Waals surface area contributed by atoms with Crippen LogP contribution < -0.4 is 5.73 Å². The SMILES string of the molecule is NC(=O)/C=C/c1c(F)ccc(Br)c1F. The van der Waals surface area contributed by atoms with Crippen LogP contribution in [0.5, 0.6) is 0 Å². The minimum atomic E-state index is -0.762. The van der Waals surface area contributed by atoms with E-state index in [1.807, 2.05) is 0 Å². The molecule has 0 aliphatic rings. The first-order chi connectivity index (χ1) is 6.52. The lowest BCUT2D eigenvalue weighted by Crippen LogP contribution is -2.05. The summed E-state index contributed by atoms with van der Waals surface area (Å²) < 4.78 is 26.4. The second-order valence-electron chi connectivity index (χ2n) is 2.49. The summed E-state index contributed by atoms with van der Waals surface area (Å²) in [5.74, 6) is -2.27. The van der Waals surface area contributed by atoms with Crippen LogP contribution in [-0.4, -0.2) is 5.91 Å². The molecule has 5 heteroatoms. The molecule has 0 atom stereocenters. The van der Waals surface area contributed by atoms with Crippen LogP contribution in [0.15, 0.2) is 22.7 Å². The first kappa shape index (κ1) is 10.8. The number of nitrogens with two attached hydrogens (primary N) is 1. The maximum Gasteiger partial charge on any atom is 0.241 e. The average molecular weight is 262 g/mol. The van der Waals surface area contributed by atoms with E-state index in [2.05, 4.69) is 15.9 Å². The molecule has 0 aliphatic heterocycles. The van der Waals surface area contributed by atoms with Gasteiger partial charge in [-0.15, -0.1) is 0 Å². The van der Waals surface area contributed by atoms with Gasteiger partial charge in [0.1, 0.15) is 11.6 Å². The summed E-state index contributed by atoms with van der Waals surface area (Å²) in [6.45, 7) is 0. The Balaban J connectivity index is 3.19. The van der Waals surface area contributed by atoms with Crippen molar-refractivity contribution in [2.75, 3.05) is 0 Å². The topological polar surface area (TPSA) is 43.1 Å². The van der Waals surface area contributed by atoms with Crippen molar-refractivity contribution in [2.45, 2.75) is 0 Å². The normalized spacial score (nSPS) is 10.8. The number of hydrogen-bond donors (Lipinski definition) is 1. The summed E-state index contributed by atoms with van der Waals surface area (Å²) in [4.78, 5) is 10.4. The fraction of sp³-hybridized carbons (Fsp3) is 0. The van der Waals surface area contributed by atoms with Crippen LogP contribution in [0.25, 0.3) is 6.08 Å². The fourth-order valence-electron chi connectivity index (χ4n) is 0.861. The monoisotopic (exact) mass is 261 g/mol. The number of carbonyl (C=O) groups excluding carboxylic acids is 1. The third-order valence-electron chi connectivity index (χ3n) is 1.49. The van der Waals surface area contributed by atoms with Gasteiger partial charge >= 0.3 is 0 Å². The minimum Gasteiger partial charge on any atom is -0.366 e. The van der Waals surface area contributed by atoms with Crippen molar-refractivity contribution in [2.24, 2.45) is 5.73 Å². The number of carbonyl (C=O) groups is 1. The molecule has 0 unspecified atom stereocenters. The number of amides is 1. The zero-order valence-corrected chi connectivity index (χ0v) is 8.51. The van der Waals surface area contributed by atoms with Crippen LogP contribution in [0, 0.1) is 11.6 Å². The van der Waals surface area contributed by atoms with Crippen molar-refractivity contribution in [1.82, 2.24) is 0 Å². The summed E-state index contributed by atoms with van der Waals surface area (Å²) >= 11 is 2.90. The van der Waals surface area contributed by atoms with E-state index in [4.69, 9.17) is 5.73 Å². The molecular weight excluding hydrogens is 256 g/mol. The number of halogens is 3. The minimum absolute atomic E-state index is 0.128. The molecular formula is C9H6BrF2NO. The van der Waals surface area contributed by atoms with Gasteiger partial charge in [0.15, 0.2) is 0 Å². The highest BCUT2D eigenvalue weighted by Crippen LogP contribution is 2.22. The maximum absolute atomic E-state index is 13.2. The highest BCUT2D eigenvalue weighted by Gasteiger charge is 2.09. The molecule has 0 saturated carbocycles. The Morgan fingerprint density at radius 2 is 2.07 bits per heavy atom. The molecule has 1 aromatic carbocycles. The van der Waals surface area contributed by atoms with E-state index in [1.165, 1.54) is 6.07 Å². The van der Waals surface area contributed by atoms with E-state index in [-0.39, 0.29) is 10.0 Å². The lowest BCUT2D eigenvalue weighted by Gasteiger charge is -2.00. The number of primary amides is 1. The predicted octanol–water partition coefficient (Wildman–Crippen LogP) is 2.23. The standard InChI is InChI=1S/C9H6BrF2NO/c10-6-2-3-7(11)5(9(6)12)1-4-8(13)14/h1-4H,(H2,13,14)/b4-1+. The Morgan fingerprint density at radius 1 is 1.43 bits per heavy atom. The van der Waals surface area contributed by atoms with Gasteiger partial charge in [0.2, 0.25) is 5.91 Å². The molecule has 0 spiro atoms. The Hall–Kier alpha value is -1.23. The van der Waals surface area contributed by atoms with E-state index in [0.29, 0.717) is 0 Å². The van der Waals surface area contributed by atoms with Crippen molar-refractivity contribution in [1.29, 1.82) is 0 Å². The summed E-state index contributed by atoms with van der Waals surface area (Å²) in [5.41, 5.74) is 4.50. The van der Waals surface area contributed by atoms with Crippen LogP contribution in [-0.2, 0) is 4.79 Å². The maximum atomic E-state index is 13.2. The molecule has 74 valence electrons.